The highest BCUT2D eigenvalue weighted by atomic mass is 16.5. The molecule has 4 aromatic rings. The minimum Gasteiger partial charge on any atom is -0.423 e. The van der Waals surface area contributed by atoms with Crippen LogP contribution in [0.3, 0.4) is 0 Å². The molecule has 2 N–H and O–H groups in total. The van der Waals surface area contributed by atoms with Crippen molar-refractivity contribution in [3.63, 3.8) is 0 Å². The molecule has 4 rings (SSSR count). The van der Waals surface area contributed by atoms with Gasteiger partial charge in [-0.1, -0.05) is 41.6 Å². The molecule has 0 unspecified atom stereocenters. The molecular weight excluding hydrogens is 590 g/mol. The Morgan fingerprint density at radius 3 is 1.00 bits per heavy atom. The highest BCUT2D eigenvalue weighted by molar-refractivity contribution is 6.01. The third-order valence-corrected chi connectivity index (χ3v) is 7.18. The quantitative estimate of drug-likeness (QED) is 0.110. The molecule has 0 radical (unpaired) electrons. The molecule has 0 aliphatic heterocycles. The van der Waals surface area contributed by atoms with Crippen molar-refractivity contribution >= 4 is 17.9 Å². The topological polar surface area (TPSA) is 149 Å². The van der Waals surface area contributed by atoms with Gasteiger partial charge in [0.2, 0.25) is 0 Å². The number of rotatable bonds is 10. The van der Waals surface area contributed by atoms with Crippen LogP contribution in [0, 0.1) is 4.91 Å². The van der Waals surface area contributed by atoms with Crippen molar-refractivity contribution in [2.75, 3.05) is 0 Å². The summed E-state index contributed by atoms with van der Waals surface area (Å²) in [5, 5.41) is 23.5. The average molecular weight is 626 g/mol. The van der Waals surface area contributed by atoms with Crippen LogP contribution in [0.1, 0.15) is 89.3 Å². The summed E-state index contributed by atoms with van der Waals surface area (Å²) in [6.07, 6.45) is 0. The maximum atomic E-state index is 13.2. The van der Waals surface area contributed by atoms with E-state index in [9.17, 15) is 29.5 Å². The van der Waals surface area contributed by atoms with Gasteiger partial charge in [0, 0.05) is 0 Å². The third-order valence-electron chi connectivity index (χ3n) is 7.18. The fraction of sp³-hybridized carbons (Fsp3) is 0.250. The number of carbonyl (C=O) groups excluding carboxylic acids is 3. The number of nitroso groups, excluding NO2 is 1. The van der Waals surface area contributed by atoms with Crippen molar-refractivity contribution in [3.8, 4) is 17.2 Å². The lowest BCUT2D eigenvalue weighted by atomic mass is 9.96. The molecule has 46 heavy (non-hydrogen) atoms. The van der Waals surface area contributed by atoms with Gasteiger partial charge in [0.1, 0.15) is 22.8 Å². The minimum absolute atomic E-state index is 0.125. The standard InChI is InChI=1S/C36H35NO9/c1-34(2,37-43)25-7-13-28(14-8-25)44-31(38)22-19-23(32(39)45-29-15-9-26(10-16-29)35(3,4)41)21-24(20-22)33(40)46-30-17-11-27(12-18-30)36(5,6)42/h7-21,41-42H,1-6H3. The number of aliphatic hydroxyl groups is 2. The lowest BCUT2D eigenvalue weighted by Crippen LogP contribution is -2.17. The molecule has 0 bridgehead atoms. The number of hydrogen-bond acceptors (Lipinski definition) is 10. The number of nitrogens with zero attached hydrogens (tertiary/aromatic N) is 1. The molecular formula is C36H35NO9. The Balaban J connectivity index is 1.63. The van der Waals surface area contributed by atoms with Crippen LogP contribution in [0.5, 0.6) is 17.2 Å². The smallest absolute Gasteiger partial charge is 0.343 e. The summed E-state index contributed by atoms with van der Waals surface area (Å²) >= 11 is 0. The number of carbonyl (C=O) groups is 3. The Labute approximate surface area is 266 Å². The maximum Gasteiger partial charge on any atom is 0.343 e. The summed E-state index contributed by atoms with van der Waals surface area (Å²) in [5.74, 6) is -2.08. The second-order valence-electron chi connectivity index (χ2n) is 12.3. The van der Waals surface area contributed by atoms with Crippen LogP contribution in [-0.4, -0.2) is 28.1 Å². The van der Waals surface area contributed by atoms with Crippen LogP contribution in [0.15, 0.2) is 96.2 Å². The van der Waals surface area contributed by atoms with Gasteiger partial charge in [-0.3, -0.25) is 0 Å². The molecule has 0 aromatic heterocycles. The number of benzene rings is 4. The summed E-state index contributed by atoms with van der Waals surface area (Å²) in [5.41, 5.74) is -1.72. The number of hydrogen-bond donors (Lipinski definition) is 2. The predicted molar refractivity (Wildman–Crippen MR) is 170 cm³/mol. The Hall–Kier alpha value is -5.19. The van der Waals surface area contributed by atoms with Gasteiger partial charge in [-0.15, -0.1) is 4.91 Å². The first-order valence-corrected chi connectivity index (χ1v) is 14.4. The first-order chi connectivity index (χ1) is 21.5. The Morgan fingerprint density at radius 2 is 0.761 bits per heavy atom. The van der Waals surface area contributed by atoms with E-state index in [1.807, 2.05) is 0 Å². The SMILES string of the molecule is CC(C)(O)c1ccc(OC(=O)c2cc(C(=O)Oc3ccc(C(C)(C)O)cc3)cc(C(=O)Oc3ccc(C(C)(C)N=O)cc3)c2)cc1. The summed E-state index contributed by atoms with van der Waals surface area (Å²) < 4.78 is 16.5. The van der Waals surface area contributed by atoms with E-state index in [0.717, 1.165) is 0 Å². The highest BCUT2D eigenvalue weighted by Crippen LogP contribution is 2.28. The average Bonchev–Trinajstić information content (AvgIpc) is 3.00. The minimum atomic E-state index is -1.09. The summed E-state index contributed by atoms with van der Waals surface area (Å²) in [7, 11) is 0. The first kappa shape index (κ1) is 33.7. The second-order valence-corrected chi connectivity index (χ2v) is 12.3. The van der Waals surface area contributed by atoms with E-state index >= 15 is 0 Å². The van der Waals surface area contributed by atoms with Crippen LogP contribution in [0.25, 0.3) is 0 Å². The van der Waals surface area contributed by atoms with Gasteiger partial charge in [-0.2, -0.15) is 0 Å². The fourth-order valence-corrected chi connectivity index (χ4v) is 4.32. The summed E-state index contributed by atoms with van der Waals surface area (Å²) in [6.45, 7) is 9.79. The summed E-state index contributed by atoms with van der Waals surface area (Å²) in [6, 6.07) is 22.4. The second kappa shape index (κ2) is 13.0. The van der Waals surface area contributed by atoms with E-state index in [4.69, 9.17) is 14.2 Å². The van der Waals surface area contributed by atoms with Crippen LogP contribution in [-0.2, 0) is 16.7 Å². The molecule has 238 valence electrons. The van der Waals surface area contributed by atoms with Gasteiger partial charge in [-0.25, -0.2) is 14.4 Å². The van der Waals surface area contributed by atoms with Gasteiger partial charge in [0.05, 0.1) is 27.9 Å². The van der Waals surface area contributed by atoms with Crippen molar-refractivity contribution in [2.45, 2.75) is 58.3 Å². The van der Waals surface area contributed by atoms with Crippen molar-refractivity contribution < 1.29 is 38.8 Å². The van der Waals surface area contributed by atoms with Gasteiger partial charge in [-0.05, 0) is 113 Å². The van der Waals surface area contributed by atoms with Crippen LogP contribution in [0.4, 0.5) is 0 Å². The molecule has 0 amide bonds. The van der Waals surface area contributed by atoms with Crippen molar-refractivity contribution in [3.05, 3.63) is 129 Å². The molecule has 0 spiro atoms. The lowest BCUT2D eigenvalue weighted by molar-refractivity contribution is 0.0730. The Morgan fingerprint density at radius 1 is 0.500 bits per heavy atom. The predicted octanol–water partition coefficient (Wildman–Crippen LogP) is 6.80. The van der Waals surface area contributed by atoms with Crippen LogP contribution in [0.2, 0.25) is 0 Å². The zero-order chi connectivity index (χ0) is 33.9. The Bertz CT molecular complexity index is 1650. The highest BCUT2D eigenvalue weighted by Gasteiger charge is 2.23. The number of esters is 3. The maximum absolute atomic E-state index is 13.2. The van der Waals surface area contributed by atoms with E-state index in [0.29, 0.717) is 16.7 Å². The molecule has 0 atom stereocenters. The molecule has 0 saturated carbocycles. The van der Waals surface area contributed by atoms with E-state index in [-0.39, 0.29) is 33.9 Å². The molecule has 0 aliphatic carbocycles. The molecule has 0 saturated heterocycles. The van der Waals surface area contributed by atoms with E-state index in [1.165, 1.54) is 54.6 Å². The van der Waals surface area contributed by atoms with Crippen molar-refractivity contribution in [2.24, 2.45) is 5.18 Å². The molecule has 0 heterocycles. The van der Waals surface area contributed by atoms with E-state index in [2.05, 4.69) is 5.18 Å². The van der Waals surface area contributed by atoms with E-state index in [1.54, 1.807) is 77.9 Å². The zero-order valence-corrected chi connectivity index (χ0v) is 26.4. The van der Waals surface area contributed by atoms with Crippen LogP contribution >= 0.6 is 0 Å². The molecule has 4 aromatic carbocycles. The Kier molecular flexibility index (Phi) is 9.55. The largest absolute Gasteiger partial charge is 0.423 e. The molecule has 10 heteroatoms. The van der Waals surface area contributed by atoms with Crippen LogP contribution < -0.4 is 14.2 Å². The zero-order valence-electron chi connectivity index (χ0n) is 26.4. The lowest BCUT2D eigenvalue weighted by Gasteiger charge is -2.18. The molecule has 10 nitrogen and oxygen atoms in total. The van der Waals surface area contributed by atoms with Crippen molar-refractivity contribution in [1.82, 2.24) is 0 Å². The van der Waals surface area contributed by atoms with Gasteiger partial charge in [0.25, 0.3) is 0 Å². The van der Waals surface area contributed by atoms with Gasteiger partial charge in [0.15, 0.2) is 0 Å². The molecule has 0 fully saturated rings. The van der Waals surface area contributed by atoms with E-state index < -0.39 is 34.6 Å². The monoisotopic (exact) mass is 625 g/mol. The third kappa shape index (κ3) is 8.29. The van der Waals surface area contributed by atoms with Gasteiger partial charge < -0.3 is 24.4 Å². The fourth-order valence-electron chi connectivity index (χ4n) is 4.32. The number of ether oxygens (including phenoxy) is 3. The first-order valence-electron chi connectivity index (χ1n) is 14.4. The normalized spacial score (nSPS) is 11.8. The van der Waals surface area contributed by atoms with Crippen molar-refractivity contribution in [1.29, 1.82) is 0 Å². The summed E-state index contributed by atoms with van der Waals surface area (Å²) in [4.78, 5) is 50.8. The molecule has 0 aliphatic rings. The van der Waals surface area contributed by atoms with Gasteiger partial charge >= 0.3 is 17.9 Å².